The van der Waals surface area contributed by atoms with E-state index >= 15 is 0 Å². The van der Waals surface area contributed by atoms with E-state index in [-0.39, 0.29) is 12.0 Å². The summed E-state index contributed by atoms with van der Waals surface area (Å²) in [5.41, 5.74) is 3.67. The summed E-state index contributed by atoms with van der Waals surface area (Å²) in [5.74, 6) is 1.31. The Labute approximate surface area is 194 Å². The summed E-state index contributed by atoms with van der Waals surface area (Å²) < 4.78 is 26.3. The molecule has 1 saturated heterocycles. The van der Waals surface area contributed by atoms with E-state index in [4.69, 9.17) is 14.9 Å². The van der Waals surface area contributed by atoms with Gasteiger partial charge >= 0.3 is 0 Å². The molecule has 2 aliphatic heterocycles. The van der Waals surface area contributed by atoms with Gasteiger partial charge in [0.1, 0.15) is 11.9 Å². The molecule has 1 spiro atoms. The fourth-order valence-electron chi connectivity index (χ4n) is 4.91. The second kappa shape index (κ2) is 8.33. The molecule has 33 heavy (non-hydrogen) atoms. The van der Waals surface area contributed by atoms with Gasteiger partial charge in [0.05, 0.1) is 11.1 Å². The van der Waals surface area contributed by atoms with Crippen molar-refractivity contribution in [3.8, 4) is 5.75 Å². The number of nitrogens with one attached hydrogen (secondary N) is 4. The van der Waals surface area contributed by atoms with E-state index < -0.39 is 15.1 Å². The van der Waals surface area contributed by atoms with Gasteiger partial charge in [-0.3, -0.25) is 9.57 Å². The Morgan fingerprint density at radius 2 is 1.91 bits per heavy atom. The zero-order valence-electron chi connectivity index (χ0n) is 18.4. The number of hydrogen-bond acceptors (Lipinski definition) is 6. The van der Waals surface area contributed by atoms with Crippen LogP contribution >= 0.6 is 0 Å². The van der Waals surface area contributed by atoms with Crippen molar-refractivity contribution in [3.63, 3.8) is 0 Å². The smallest absolute Gasteiger partial charge is 0.235 e. The number of para-hydroxylation sites is 1. The largest absolute Gasteiger partial charge is 0.488 e. The number of allylic oxidation sites excluding steroid dienone is 1. The van der Waals surface area contributed by atoms with Gasteiger partial charge in [-0.2, -0.15) is 0 Å². The number of carbonyl (C=O) groups excluding carboxylic acids is 1. The average Bonchev–Trinajstić information content (AvgIpc) is 3.08. The van der Waals surface area contributed by atoms with E-state index in [0.717, 1.165) is 47.5 Å². The monoisotopic (exact) mass is 464 g/mol. The molecule has 0 bridgehead atoms. The van der Waals surface area contributed by atoms with E-state index in [1.54, 1.807) is 6.08 Å². The van der Waals surface area contributed by atoms with Gasteiger partial charge in [0.15, 0.2) is 0 Å². The van der Waals surface area contributed by atoms with Gasteiger partial charge in [0.25, 0.3) is 0 Å². The van der Waals surface area contributed by atoms with E-state index in [1.165, 1.54) is 6.21 Å². The first kappa shape index (κ1) is 21.7. The first-order chi connectivity index (χ1) is 15.9. The van der Waals surface area contributed by atoms with Crippen LogP contribution in [0.1, 0.15) is 43.2 Å². The van der Waals surface area contributed by atoms with Crippen molar-refractivity contribution in [3.05, 3.63) is 59.7 Å². The molecule has 8 heteroatoms. The molecule has 0 unspecified atom stereocenters. The summed E-state index contributed by atoms with van der Waals surface area (Å²) in [6.45, 7) is 0. The Morgan fingerprint density at radius 1 is 1.18 bits per heavy atom. The van der Waals surface area contributed by atoms with Crippen LogP contribution in [-0.2, 0) is 19.9 Å². The molecule has 3 aliphatic rings. The van der Waals surface area contributed by atoms with Gasteiger partial charge in [-0.15, -0.1) is 0 Å². The normalized spacial score (nSPS) is 25.6. The molecule has 5 rings (SSSR count). The molecular formula is C25H28N4O3S. The maximum Gasteiger partial charge on any atom is 0.235 e. The van der Waals surface area contributed by atoms with E-state index in [2.05, 4.69) is 10.6 Å². The Bertz CT molecular complexity index is 1220. The van der Waals surface area contributed by atoms with Crippen LogP contribution in [-0.4, -0.2) is 33.9 Å². The van der Waals surface area contributed by atoms with Crippen LogP contribution in [0.3, 0.4) is 0 Å². The molecular weight excluding hydrogens is 436 g/mol. The van der Waals surface area contributed by atoms with Gasteiger partial charge < -0.3 is 20.8 Å². The maximum absolute atomic E-state index is 13.0. The summed E-state index contributed by atoms with van der Waals surface area (Å²) in [5, 5.41) is 14.1. The van der Waals surface area contributed by atoms with Crippen molar-refractivity contribution in [2.45, 2.75) is 43.6 Å². The van der Waals surface area contributed by atoms with Crippen LogP contribution in [0.25, 0.3) is 5.70 Å². The molecule has 2 heterocycles. The molecule has 0 radical (unpaired) electrons. The zero-order valence-corrected chi connectivity index (χ0v) is 19.2. The van der Waals surface area contributed by atoms with Crippen LogP contribution in [0, 0.1) is 10.2 Å². The second-order valence-electron chi connectivity index (χ2n) is 9.06. The van der Waals surface area contributed by atoms with Crippen LogP contribution in [0.2, 0.25) is 0 Å². The molecule has 0 atom stereocenters. The highest BCUT2D eigenvalue weighted by Gasteiger charge is 2.52. The summed E-state index contributed by atoms with van der Waals surface area (Å²) in [6, 6.07) is 13.7. The predicted molar refractivity (Wildman–Crippen MR) is 132 cm³/mol. The Morgan fingerprint density at radius 3 is 2.55 bits per heavy atom. The molecule has 1 amide bonds. The second-order valence-corrected chi connectivity index (χ2v) is 11.5. The number of fused-ring (bicyclic) bond motifs is 2. The molecule has 2 aromatic rings. The van der Waals surface area contributed by atoms with Crippen LogP contribution in [0.15, 0.2) is 48.5 Å². The SMILES string of the molecule is N=C/C=C(\Nc1ccccc1)c1cc(OC2CCS(=N)(=O)CC2)c2c(c1)C1(CCC1)C(=O)N2. The number of anilines is 2. The molecule has 1 aliphatic carbocycles. The first-order valence-electron chi connectivity index (χ1n) is 11.3. The lowest BCUT2D eigenvalue weighted by Crippen LogP contribution is -2.40. The van der Waals surface area contributed by atoms with Gasteiger partial charge in [-0.25, -0.2) is 4.21 Å². The molecule has 7 nitrogen and oxygen atoms in total. The lowest BCUT2D eigenvalue weighted by Gasteiger charge is -2.36. The summed E-state index contributed by atoms with van der Waals surface area (Å²) in [6.07, 6.45) is 6.57. The summed E-state index contributed by atoms with van der Waals surface area (Å²) in [4.78, 5) is 13.0. The molecule has 1 saturated carbocycles. The lowest BCUT2D eigenvalue weighted by atomic mass is 9.65. The standard InChI is InChI=1S/C25H28N4O3S/c26-12-7-21(28-18-5-2-1-3-6-18)17-15-20-23(29-24(30)25(20)10-4-11-25)22(16-17)32-19-8-13-33(27,31)14-9-19/h1-3,5-7,12,15-16,19,26-28H,4,8-11,13-14H2,(H,29,30)/b21-7-,26-12?. The highest BCUT2D eigenvalue weighted by atomic mass is 32.2. The van der Waals surface area contributed by atoms with Crippen molar-refractivity contribution in [1.29, 1.82) is 10.2 Å². The Kier molecular flexibility index (Phi) is 5.48. The minimum atomic E-state index is -2.50. The Balaban J connectivity index is 1.54. The Hall–Kier alpha value is -3.13. The molecule has 4 N–H and O–H groups in total. The van der Waals surface area contributed by atoms with Crippen molar-refractivity contribution in [2.75, 3.05) is 22.1 Å². The van der Waals surface area contributed by atoms with Gasteiger partial charge in [0.2, 0.25) is 5.91 Å². The van der Waals surface area contributed by atoms with Crippen LogP contribution in [0.5, 0.6) is 5.75 Å². The number of benzene rings is 2. The third kappa shape index (κ3) is 4.04. The molecule has 172 valence electrons. The van der Waals surface area contributed by atoms with Crippen molar-refractivity contribution in [1.82, 2.24) is 0 Å². The van der Waals surface area contributed by atoms with E-state index in [9.17, 15) is 9.00 Å². The number of amides is 1. The first-order valence-corrected chi connectivity index (χ1v) is 13.2. The average molecular weight is 465 g/mol. The minimum Gasteiger partial charge on any atom is -0.488 e. The van der Waals surface area contributed by atoms with Crippen molar-refractivity contribution in [2.24, 2.45) is 0 Å². The van der Waals surface area contributed by atoms with Crippen LogP contribution in [0.4, 0.5) is 11.4 Å². The third-order valence-electron chi connectivity index (χ3n) is 6.94. The van der Waals surface area contributed by atoms with Gasteiger partial charge in [-0.1, -0.05) is 24.6 Å². The fraction of sp³-hybridized carbons (Fsp3) is 0.360. The van der Waals surface area contributed by atoms with Crippen LogP contribution < -0.4 is 15.4 Å². The number of ether oxygens (including phenoxy) is 1. The van der Waals surface area contributed by atoms with E-state index in [1.807, 2.05) is 42.5 Å². The van der Waals surface area contributed by atoms with Crippen molar-refractivity contribution >= 4 is 38.9 Å². The van der Waals surface area contributed by atoms with Gasteiger partial charge in [0, 0.05) is 44.4 Å². The third-order valence-corrected chi connectivity index (χ3v) is 8.73. The minimum absolute atomic E-state index is 0.0252. The predicted octanol–water partition coefficient (Wildman–Crippen LogP) is 4.75. The fourth-order valence-corrected chi connectivity index (χ4v) is 6.40. The number of carbonyl (C=O) groups is 1. The van der Waals surface area contributed by atoms with Crippen molar-refractivity contribution < 1.29 is 13.7 Å². The number of rotatable bonds is 6. The quantitative estimate of drug-likeness (QED) is 0.462. The summed E-state index contributed by atoms with van der Waals surface area (Å²) >= 11 is 0. The zero-order chi connectivity index (χ0) is 23.1. The highest BCUT2D eigenvalue weighted by molar-refractivity contribution is 7.92. The summed E-state index contributed by atoms with van der Waals surface area (Å²) in [7, 11) is -2.50. The maximum atomic E-state index is 13.0. The van der Waals surface area contributed by atoms with Gasteiger partial charge in [-0.05, 0) is 61.6 Å². The number of hydrogen-bond donors (Lipinski definition) is 4. The molecule has 0 aromatic heterocycles. The van der Waals surface area contributed by atoms with E-state index in [0.29, 0.717) is 30.1 Å². The highest BCUT2D eigenvalue weighted by Crippen LogP contribution is 2.54. The molecule has 2 aromatic carbocycles. The topological polar surface area (TPSA) is 115 Å². The lowest BCUT2D eigenvalue weighted by molar-refractivity contribution is -0.123. The molecule has 2 fully saturated rings.